The highest BCUT2D eigenvalue weighted by Crippen LogP contribution is 2.13. The van der Waals surface area contributed by atoms with Gasteiger partial charge in [-0.25, -0.2) is 0 Å². The van der Waals surface area contributed by atoms with E-state index in [1.165, 1.54) is 0 Å². The molecule has 1 aromatic heterocycles. The fourth-order valence-electron chi connectivity index (χ4n) is 1.76. The Kier molecular flexibility index (Phi) is 4.18. The molecule has 0 fully saturated rings. The van der Waals surface area contributed by atoms with E-state index in [9.17, 15) is 4.79 Å². The number of rotatable bonds is 2. The van der Waals surface area contributed by atoms with Crippen molar-refractivity contribution in [3.63, 3.8) is 0 Å². The average molecular weight is 269 g/mol. The minimum absolute atomic E-state index is 0.178. The molecule has 5 heteroatoms. The summed E-state index contributed by atoms with van der Waals surface area (Å²) in [5.41, 5.74) is 2.77. The molecule has 0 aliphatic heterocycles. The molecule has 0 aliphatic carbocycles. The number of carbonyl (C=O) groups is 1. The van der Waals surface area contributed by atoms with Crippen LogP contribution in [0.2, 0.25) is 0 Å². The van der Waals surface area contributed by atoms with Gasteiger partial charge in [-0.2, -0.15) is 5.10 Å². The predicted molar refractivity (Wildman–Crippen MR) is 76.3 cm³/mol. The van der Waals surface area contributed by atoms with Gasteiger partial charge in [0.05, 0.1) is 11.4 Å². The summed E-state index contributed by atoms with van der Waals surface area (Å²) >= 11 is 0. The molecule has 0 aliphatic rings. The van der Waals surface area contributed by atoms with E-state index in [0.29, 0.717) is 11.3 Å². The second-order valence-electron chi connectivity index (χ2n) is 4.29. The maximum atomic E-state index is 12.1. The number of hydrogen-bond acceptors (Lipinski definition) is 3. The van der Waals surface area contributed by atoms with Gasteiger partial charge in [0.25, 0.3) is 5.91 Å². The number of aliphatic hydroxyl groups is 1. The Bertz CT molecular complexity index is 675. The second-order valence-corrected chi connectivity index (χ2v) is 4.29. The number of amides is 1. The maximum Gasteiger partial charge on any atom is 0.255 e. The van der Waals surface area contributed by atoms with Crippen LogP contribution < -0.4 is 5.32 Å². The molecule has 20 heavy (non-hydrogen) atoms. The predicted octanol–water partition coefficient (Wildman–Crippen LogP) is 1.32. The van der Waals surface area contributed by atoms with Crippen molar-refractivity contribution in [2.45, 2.75) is 6.92 Å². The molecule has 1 aromatic carbocycles. The van der Waals surface area contributed by atoms with Gasteiger partial charge < -0.3 is 10.4 Å². The summed E-state index contributed by atoms with van der Waals surface area (Å²) in [5.74, 6) is 5.14. The lowest BCUT2D eigenvalue weighted by atomic mass is 10.1. The molecule has 0 spiro atoms. The molecule has 0 bridgehead atoms. The van der Waals surface area contributed by atoms with Crippen molar-refractivity contribution >= 4 is 11.6 Å². The van der Waals surface area contributed by atoms with Crippen LogP contribution in [0.15, 0.2) is 30.5 Å². The topological polar surface area (TPSA) is 67.2 Å². The van der Waals surface area contributed by atoms with Gasteiger partial charge in [0.1, 0.15) is 6.61 Å². The van der Waals surface area contributed by atoms with Crippen molar-refractivity contribution in [2.24, 2.45) is 7.05 Å². The van der Waals surface area contributed by atoms with Crippen LogP contribution in [0.3, 0.4) is 0 Å². The number of aliphatic hydroxyl groups excluding tert-OH is 1. The van der Waals surface area contributed by atoms with Crippen LogP contribution in [0.1, 0.15) is 21.6 Å². The number of benzene rings is 1. The first-order valence-corrected chi connectivity index (χ1v) is 6.11. The minimum Gasteiger partial charge on any atom is -0.384 e. The van der Waals surface area contributed by atoms with E-state index >= 15 is 0 Å². The van der Waals surface area contributed by atoms with Crippen LogP contribution >= 0.6 is 0 Å². The van der Waals surface area contributed by atoms with Gasteiger partial charge in [-0.15, -0.1) is 0 Å². The fourth-order valence-corrected chi connectivity index (χ4v) is 1.76. The third-order valence-corrected chi connectivity index (χ3v) is 2.72. The summed E-state index contributed by atoms with van der Waals surface area (Å²) in [6, 6.07) is 6.88. The summed E-state index contributed by atoms with van der Waals surface area (Å²) in [5, 5.41) is 15.6. The Labute approximate surface area is 117 Å². The Hall–Kier alpha value is -2.58. The first kappa shape index (κ1) is 13.8. The van der Waals surface area contributed by atoms with Gasteiger partial charge in [0.15, 0.2) is 0 Å². The molecule has 1 heterocycles. The third kappa shape index (κ3) is 3.25. The van der Waals surface area contributed by atoms with Crippen molar-refractivity contribution in [2.75, 3.05) is 11.9 Å². The molecule has 0 atom stereocenters. The minimum atomic E-state index is -0.192. The van der Waals surface area contributed by atoms with Crippen LogP contribution in [0.25, 0.3) is 0 Å². The van der Waals surface area contributed by atoms with Crippen molar-refractivity contribution in [3.05, 3.63) is 47.3 Å². The van der Waals surface area contributed by atoms with E-state index in [0.717, 1.165) is 11.3 Å². The Morgan fingerprint density at radius 1 is 1.40 bits per heavy atom. The van der Waals surface area contributed by atoms with Crippen molar-refractivity contribution in [3.8, 4) is 11.8 Å². The molecule has 2 rings (SSSR count). The molecular weight excluding hydrogens is 254 g/mol. The van der Waals surface area contributed by atoms with E-state index in [1.54, 1.807) is 42.2 Å². The van der Waals surface area contributed by atoms with Crippen LogP contribution in [0.5, 0.6) is 0 Å². The first-order chi connectivity index (χ1) is 9.60. The van der Waals surface area contributed by atoms with E-state index in [1.807, 2.05) is 6.92 Å². The summed E-state index contributed by atoms with van der Waals surface area (Å²) in [4.78, 5) is 12.1. The van der Waals surface area contributed by atoms with Gasteiger partial charge in [-0.3, -0.25) is 9.48 Å². The molecule has 5 nitrogen and oxygen atoms in total. The number of nitrogens with zero attached hydrogens (tertiary/aromatic N) is 2. The number of aromatic nitrogens is 2. The Morgan fingerprint density at radius 2 is 2.10 bits per heavy atom. The summed E-state index contributed by atoms with van der Waals surface area (Å²) in [6.07, 6.45) is 1.76. The molecule has 2 aromatic rings. The smallest absolute Gasteiger partial charge is 0.255 e. The zero-order chi connectivity index (χ0) is 14.5. The van der Waals surface area contributed by atoms with E-state index in [-0.39, 0.29) is 12.5 Å². The van der Waals surface area contributed by atoms with Gasteiger partial charge in [0.2, 0.25) is 0 Å². The number of aryl methyl sites for hydroxylation is 2. The normalized spacial score (nSPS) is 9.75. The summed E-state index contributed by atoms with van der Waals surface area (Å²) in [6.45, 7) is 1.66. The highest BCUT2D eigenvalue weighted by Gasteiger charge is 2.09. The van der Waals surface area contributed by atoms with Gasteiger partial charge in [-0.05, 0) is 31.2 Å². The van der Waals surface area contributed by atoms with Crippen LogP contribution in [0.4, 0.5) is 5.69 Å². The summed E-state index contributed by atoms with van der Waals surface area (Å²) in [7, 11) is 1.80. The molecule has 0 saturated carbocycles. The van der Waals surface area contributed by atoms with E-state index < -0.39 is 0 Å². The number of nitrogens with one attached hydrogen (secondary N) is 1. The number of hydrogen-bond donors (Lipinski definition) is 2. The molecule has 0 unspecified atom stereocenters. The van der Waals surface area contributed by atoms with E-state index in [4.69, 9.17) is 5.11 Å². The highest BCUT2D eigenvalue weighted by atomic mass is 16.2. The average Bonchev–Trinajstić information content (AvgIpc) is 2.75. The molecule has 1 amide bonds. The van der Waals surface area contributed by atoms with Gasteiger partial charge in [0, 0.05) is 24.4 Å². The lowest BCUT2D eigenvalue weighted by molar-refractivity contribution is 0.102. The van der Waals surface area contributed by atoms with Crippen molar-refractivity contribution in [1.82, 2.24) is 9.78 Å². The quantitative estimate of drug-likeness (QED) is 0.808. The van der Waals surface area contributed by atoms with Crippen LogP contribution in [-0.2, 0) is 7.05 Å². The first-order valence-electron chi connectivity index (χ1n) is 6.11. The largest absolute Gasteiger partial charge is 0.384 e. The third-order valence-electron chi connectivity index (χ3n) is 2.72. The molecule has 0 radical (unpaired) electrons. The molecule has 102 valence electrons. The van der Waals surface area contributed by atoms with Crippen LogP contribution in [-0.4, -0.2) is 27.4 Å². The molecule has 2 N–H and O–H groups in total. The Balaban J connectivity index is 2.11. The number of carbonyl (C=O) groups excluding carboxylic acids is 1. The van der Waals surface area contributed by atoms with Gasteiger partial charge in [-0.1, -0.05) is 11.8 Å². The SMILES string of the molecule is Cc1nn(C)cc1NC(=O)c1ccc(C#CCO)cc1. The molecule has 0 saturated heterocycles. The van der Waals surface area contributed by atoms with Crippen molar-refractivity contribution < 1.29 is 9.90 Å². The second kappa shape index (κ2) is 6.04. The maximum absolute atomic E-state index is 12.1. The number of anilines is 1. The van der Waals surface area contributed by atoms with E-state index in [2.05, 4.69) is 22.3 Å². The monoisotopic (exact) mass is 269 g/mol. The summed E-state index contributed by atoms with van der Waals surface area (Å²) < 4.78 is 1.65. The zero-order valence-electron chi connectivity index (χ0n) is 11.3. The molecular formula is C15H15N3O2. The standard InChI is InChI=1S/C15H15N3O2/c1-11-14(10-18(2)17-11)16-15(20)13-7-5-12(6-8-13)4-3-9-19/h5-8,10,19H,9H2,1-2H3,(H,16,20). The highest BCUT2D eigenvalue weighted by molar-refractivity contribution is 6.04. The zero-order valence-corrected chi connectivity index (χ0v) is 11.3. The lowest BCUT2D eigenvalue weighted by Crippen LogP contribution is -2.12. The fraction of sp³-hybridized carbons (Fsp3) is 0.200. The Morgan fingerprint density at radius 3 is 2.65 bits per heavy atom. The van der Waals surface area contributed by atoms with Crippen LogP contribution in [0, 0.1) is 18.8 Å². The van der Waals surface area contributed by atoms with Gasteiger partial charge >= 0.3 is 0 Å². The lowest BCUT2D eigenvalue weighted by Gasteiger charge is -2.03. The van der Waals surface area contributed by atoms with Crippen molar-refractivity contribution in [1.29, 1.82) is 0 Å².